The van der Waals surface area contributed by atoms with Gasteiger partial charge in [-0.1, -0.05) is 58.9 Å². The molecule has 2 aromatic carbocycles. The van der Waals surface area contributed by atoms with Crippen molar-refractivity contribution in [2.24, 2.45) is 5.92 Å². The van der Waals surface area contributed by atoms with Crippen molar-refractivity contribution >= 4 is 0 Å². The Hall–Kier alpha value is -1.96. The second kappa shape index (κ2) is 8.23. The highest BCUT2D eigenvalue weighted by atomic mass is 16.5. The molecule has 0 bridgehead atoms. The van der Waals surface area contributed by atoms with Crippen molar-refractivity contribution in [3.05, 3.63) is 59.7 Å². The monoisotopic (exact) mass is 326 g/mol. The molecule has 0 amide bonds. The van der Waals surface area contributed by atoms with Crippen LogP contribution >= 0.6 is 0 Å². The quantitative estimate of drug-likeness (QED) is 0.607. The van der Waals surface area contributed by atoms with Gasteiger partial charge in [-0.25, -0.2) is 0 Å². The van der Waals surface area contributed by atoms with Gasteiger partial charge in [-0.2, -0.15) is 0 Å². The minimum absolute atomic E-state index is 0.0557. The van der Waals surface area contributed by atoms with Crippen LogP contribution in [0.3, 0.4) is 0 Å². The second-order valence-corrected chi connectivity index (χ2v) is 7.23. The van der Waals surface area contributed by atoms with Crippen LogP contribution in [-0.2, 0) is 5.41 Å². The van der Waals surface area contributed by atoms with E-state index in [1.807, 2.05) is 0 Å². The molecular formula is C22H30O2. The summed E-state index contributed by atoms with van der Waals surface area (Å²) in [7, 11) is 0. The Labute approximate surface area is 146 Å². The van der Waals surface area contributed by atoms with Crippen molar-refractivity contribution in [2.45, 2.75) is 46.5 Å². The van der Waals surface area contributed by atoms with E-state index in [0.717, 1.165) is 31.1 Å². The summed E-state index contributed by atoms with van der Waals surface area (Å²) in [5.74, 6) is 2.41. The Kier molecular flexibility index (Phi) is 6.30. The fraction of sp³-hybridized carbons (Fsp3) is 0.455. The molecule has 0 N–H and O–H groups in total. The lowest BCUT2D eigenvalue weighted by Crippen LogP contribution is -2.18. The molecule has 0 spiro atoms. The third-order valence-corrected chi connectivity index (χ3v) is 4.21. The molecule has 2 nitrogen and oxygen atoms in total. The standard InChI is InChI=1S/C22H30O2/c1-6-15-23-20-11-7-18(8-12-20)22(4,5)19-9-13-21(14-10-19)24-16-17(2)3/h7-14,17H,6,15-16H2,1-5H3. The van der Waals surface area contributed by atoms with E-state index in [4.69, 9.17) is 9.47 Å². The summed E-state index contributed by atoms with van der Waals surface area (Å²) in [4.78, 5) is 0. The number of benzene rings is 2. The minimum atomic E-state index is -0.0557. The third-order valence-electron chi connectivity index (χ3n) is 4.21. The first-order chi connectivity index (χ1) is 11.4. The molecule has 0 aliphatic carbocycles. The number of hydrogen-bond donors (Lipinski definition) is 0. The zero-order valence-corrected chi connectivity index (χ0v) is 15.6. The van der Waals surface area contributed by atoms with Gasteiger partial charge in [0.15, 0.2) is 0 Å². The highest BCUT2D eigenvalue weighted by molar-refractivity contribution is 5.41. The van der Waals surface area contributed by atoms with Gasteiger partial charge in [-0.3, -0.25) is 0 Å². The molecule has 130 valence electrons. The number of ether oxygens (including phenoxy) is 2. The summed E-state index contributed by atoms with van der Waals surface area (Å²) in [6, 6.07) is 16.9. The van der Waals surface area contributed by atoms with Crippen molar-refractivity contribution in [3.8, 4) is 11.5 Å². The number of hydrogen-bond acceptors (Lipinski definition) is 2. The second-order valence-electron chi connectivity index (χ2n) is 7.23. The summed E-state index contributed by atoms with van der Waals surface area (Å²) < 4.78 is 11.5. The van der Waals surface area contributed by atoms with Crippen LogP contribution in [0.25, 0.3) is 0 Å². The Balaban J connectivity index is 2.11. The van der Waals surface area contributed by atoms with Crippen molar-refractivity contribution in [1.82, 2.24) is 0 Å². The van der Waals surface area contributed by atoms with E-state index in [2.05, 4.69) is 83.1 Å². The maximum absolute atomic E-state index is 5.78. The van der Waals surface area contributed by atoms with Crippen molar-refractivity contribution in [2.75, 3.05) is 13.2 Å². The first-order valence-electron chi connectivity index (χ1n) is 8.90. The van der Waals surface area contributed by atoms with Crippen LogP contribution in [0.1, 0.15) is 52.2 Å². The van der Waals surface area contributed by atoms with Crippen LogP contribution < -0.4 is 9.47 Å². The van der Waals surface area contributed by atoms with Gasteiger partial charge in [-0.15, -0.1) is 0 Å². The molecule has 0 heterocycles. The normalized spacial score (nSPS) is 11.6. The molecule has 2 aromatic rings. The maximum Gasteiger partial charge on any atom is 0.119 e. The van der Waals surface area contributed by atoms with Gasteiger partial charge < -0.3 is 9.47 Å². The molecule has 2 rings (SSSR count). The van der Waals surface area contributed by atoms with Gasteiger partial charge in [0, 0.05) is 5.41 Å². The van der Waals surface area contributed by atoms with Gasteiger partial charge in [0.1, 0.15) is 11.5 Å². The van der Waals surface area contributed by atoms with Crippen LogP contribution in [0, 0.1) is 5.92 Å². The SMILES string of the molecule is CCCOc1ccc(C(C)(C)c2ccc(OCC(C)C)cc2)cc1. The zero-order chi connectivity index (χ0) is 17.6. The molecule has 0 aliphatic heterocycles. The lowest BCUT2D eigenvalue weighted by molar-refractivity contribution is 0.271. The highest BCUT2D eigenvalue weighted by Crippen LogP contribution is 2.33. The fourth-order valence-corrected chi connectivity index (χ4v) is 2.59. The fourth-order valence-electron chi connectivity index (χ4n) is 2.59. The van der Waals surface area contributed by atoms with E-state index < -0.39 is 0 Å². The van der Waals surface area contributed by atoms with Gasteiger partial charge in [0.2, 0.25) is 0 Å². The smallest absolute Gasteiger partial charge is 0.119 e. The van der Waals surface area contributed by atoms with Crippen molar-refractivity contribution in [3.63, 3.8) is 0 Å². The van der Waals surface area contributed by atoms with Gasteiger partial charge in [0.05, 0.1) is 13.2 Å². The lowest BCUT2D eigenvalue weighted by Gasteiger charge is -2.26. The van der Waals surface area contributed by atoms with Crippen LogP contribution in [0.4, 0.5) is 0 Å². The molecule has 0 unspecified atom stereocenters. The summed E-state index contributed by atoms with van der Waals surface area (Å²) in [6.45, 7) is 12.4. The first kappa shape index (κ1) is 18.4. The summed E-state index contributed by atoms with van der Waals surface area (Å²) in [5.41, 5.74) is 2.50. The molecule has 2 heteroatoms. The third kappa shape index (κ3) is 4.77. The molecule has 0 radical (unpaired) electrons. The molecule has 24 heavy (non-hydrogen) atoms. The van der Waals surface area contributed by atoms with Gasteiger partial charge >= 0.3 is 0 Å². The molecule has 0 saturated heterocycles. The summed E-state index contributed by atoms with van der Waals surface area (Å²) >= 11 is 0. The van der Waals surface area contributed by atoms with Gasteiger partial charge in [0.25, 0.3) is 0 Å². The molecule has 0 saturated carbocycles. The molecule has 0 atom stereocenters. The Bertz CT molecular complexity index is 609. The van der Waals surface area contributed by atoms with E-state index in [1.54, 1.807) is 0 Å². The molecule has 0 aliphatic rings. The molecular weight excluding hydrogens is 296 g/mol. The zero-order valence-electron chi connectivity index (χ0n) is 15.6. The van der Waals surface area contributed by atoms with E-state index in [0.29, 0.717) is 5.92 Å². The largest absolute Gasteiger partial charge is 0.494 e. The molecule has 0 fully saturated rings. The average molecular weight is 326 g/mol. The van der Waals surface area contributed by atoms with Crippen LogP contribution in [-0.4, -0.2) is 13.2 Å². The van der Waals surface area contributed by atoms with E-state index in [9.17, 15) is 0 Å². The average Bonchev–Trinajstić information content (AvgIpc) is 2.59. The minimum Gasteiger partial charge on any atom is -0.494 e. The Morgan fingerprint density at radius 3 is 1.67 bits per heavy atom. The van der Waals surface area contributed by atoms with E-state index in [1.165, 1.54) is 11.1 Å². The van der Waals surface area contributed by atoms with Crippen LogP contribution in [0.15, 0.2) is 48.5 Å². The first-order valence-corrected chi connectivity index (χ1v) is 8.90. The van der Waals surface area contributed by atoms with E-state index >= 15 is 0 Å². The maximum atomic E-state index is 5.78. The van der Waals surface area contributed by atoms with Crippen molar-refractivity contribution in [1.29, 1.82) is 0 Å². The predicted molar refractivity (Wildman–Crippen MR) is 101 cm³/mol. The summed E-state index contributed by atoms with van der Waals surface area (Å²) in [6.07, 6.45) is 1.03. The predicted octanol–water partition coefficient (Wildman–Crippen LogP) is 5.84. The highest BCUT2D eigenvalue weighted by Gasteiger charge is 2.23. The van der Waals surface area contributed by atoms with E-state index in [-0.39, 0.29) is 5.41 Å². The Morgan fingerprint density at radius 1 is 0.792 bits per heavy atom. The lowest BCUT2D eigenvalue weighted by atomic mass is 9.78. The van der Waals surface area contributed by atoms with Crippen molar-refractivity contribution < 1.29 is 9.47 Å². The molecule has 0 aromatic heterocycles. The summed E-state index contributed by atoms with van der Waals surface area (Å²) in [5, 5.41) is 0. The Morgan fingerprint density at radius 2 is 1.25 bits per heavy atom. The van der Waals surface area contributed by atoms with Crippen LogP contribution in [0.2, 0.25) is 0 Å². The van der Waals surface area contributed by atoms with Crippen LogP contribution in [0.5, 0.6) is 11.5 Å². The number of rotatable bonds is 8. The topological polar surface area (TPSA) is 18.5 Å². The van der Waals surface area contributed by atoms with Gasteiger partial charge in [-0.05, 0) is 47.7 Å².